The zero-order valence-corrected chi connectivity index (χ0v) is 14.2. The molecule has 0 radical (unpaired) electrons. The Kier molecular flexibility index (Phi) is 6.21. The summed E-state index contributed by atoms with van der Waals surface area (Å²) in [6, 6.07) is 11.8. The standard InChI is InChI=1S/C18H18ClNO4/c1-23-14-5-3-4-12(10-14)16(21)7-9-18(22)20-13-6-8-17(24-2)15(19)11-13/h3-6,8,10-11H,7,9H2,1-2H3,(H,20,22). The Morgan fingerprint density at radius 3 is 2.50 bits per heavy atom. The number of amides is 1. The molecule has 0 heterocycles. The number of benzene rings is 2. The second kappa shape index (κ2) is 8.36. The topological polar surface area (TPSA) is 64.6 Å². The van der Waals surface area contributed by atoms with Gasteiger partial charge >= 0.3 is 0 Å². The predicted molar refractivity (Wildman–Crippen MR) is 93.2 cm³/mol. The summed E-state index contributed by atoms with van der Waals surface area (Å²) in [6.45, 7) is 0. The summed E-state index contributed by atoms with van der Waals surface area (Å²) in [6.07, 6.45) is 0.197. The maximum atomic E-state index is 12.1. The molecule has 2 aromatic carbocycles. The van der Waals surface area contributed by atoms with Gasteiger partial charge in [0.25, 0.3) is 0 Å². The van der Waals surface area contributed by atoms with Gasteiger partial charge in [0, 0.05) is 24.1 Å². The normalized spacial score (nSPS) is 10.1. The molecule has 2 rings (SSSR count). The monoisotopic (exact) mass is 347 g/mol. The number of carbonyl (C=O) groups excluding carboxylic acids is 2. The van der Waals surface area contributed by atoms with Gasteiger partial charge in [-0.3, -0.25) is 9.59 Å². The van der Waals surface area contributed by atoms with Crippen LogP contribution in [0, 0.1) is 0 Å². The molecule has 1 amide bonds. The summed E-state index contributed by atoms with van der Waals surface area (Å²) in [5, 5.41) is 3.11. The zero-order valence-electron chi connectivity index (χ0n) is 13.5. The lowest BCUT2D eigenvalue weighted by Gasteiger charge is -2.08. The molecule has 0 bridgehead atoms. The fourth-order valence-electron chi connectivity index (χ4n) is 2.14. The van der Waals surface area contributed by atoms with Crippen LogP contribution in [0.5, 0.6) is 11.5 Å². The van der Waals surface area contributed by atoms with Gasteiger partial charge in [0.2, 0.25) is 5.91 Å². The maximum Gasteiger partial charge on any atom is 0.224 e. The molecule has 0 fully saturated rings. The largest absolute Gasteiger partial charge is 0.497 e. The van der Waals surface area contributed by atoms with Gasteiger partial charge in [-0.15, -0.1) is 0 Å². The summed E-state index contributed by atoms with van der Waals surface area (Å²) < 4.78 is 10.1. The van der Waals surface area contributed by atoms with Gasteiger partial charge in [-0.1, -0.05) is 23.7 Å². The number of Topliss-reactive ketones (excluding diaryl/α,β-unsaturated/α-hetero) is 1. The molecule has 0 spiro atoms. The lowest BCUT2D eigenvalue weighted by Crippen LogP contribution is -2.13. The van der Waals surface area contributed by atoms with Crippen LogP contribution in [-0.4, -0.2) is 25.9 Å². The molecule has 0 aliphatic heterocycles. The number of ketones is 1. The van der Waals surface area contributed by atoms with Gasteiger partial charge in [-0.25, -0.2) is 0 Å². The van der Waals surface area contributed by atoms with Crippen LogP contribution < -0.4 is 14.8 Å². The van der Waals surface area contributed by atoms with E-state index in [1.807, 2.05) is 0 Å². The molecule has 1 N–H and O–H groups in total. The number of methoxy groups -OCH3 is 2. The first-order valence-electron chi connectivity index (χ1n) is 7.34. The lowest BCUT2D eigenvalue weighted by molar-refractivity contribution is -0.116. The van der Waals surface area contributed by atoms with Crippen molar-refractivity contribution in [2.24, 2.45) is 0 Å². The first kappa shape index (κ1) is 17.8. The van der Waals surface area contributed by atoms with E-state index in [4.69, 9.17) is 21.1 Å². The first-order valence-corrected chi connectivity index (χ1v) is 7.72. The molecule has 0 aromatic heterocycles. The van der Waals surface area contributed by atoms with Gasteiger partial charge in [-0.2, -0.15) is 0 Å². The Hall–Kier alpha value is -2.53. The van der Waals surface area contributed by atoms with Gasteiger partial charge in [0.1, 0.15) is 11.5 Å². The molecule has 0 unspecified atom stereocenters. The molecule has 0 atom stereocenters. The van der Waals surface area contributed by atoms with Crippen molar-refractivity contribution in [1.29, 1.82) is 0 Å². The third-order valence-electron chi connectivity index (χ3n) is 3.41. The third kappa shape index (κ3) is 4.73. The second-order valence-electron chi connectivity index (χ2n) is 5.05. The highest BCUT2D eigenvalue weighted by Gasteiger charge is 2.11. The van der Waals surface area contributed by atoms with Crippen LogP contribution in [0.4, 0.5) is 5.69 Å². The molecule has 24 heavy (non-hydrogen) atoms. The van der Waals surface area contributed by atoms with Crippen molar-refractivity contribution in [3.8, 4) is 11.5 Å². The molecule has 126 valence electrons. The van der Waals surface area contributed by atoms with Crippen molar-refractivity contribution in [2.75, 3.05) is 19.5 Å². The molecule has 0 aliphatic carbocycles. The maximum absolute atomic E-state index is 12.1. The van der Waals surface area contributed by atoms with E-state index in [2.05, 4.69) is 5.32 Å². The van der Waals surface area contributed by atoms with Crippen LogP contribution in [0.3, 0.4) is 0 Å². The highest BCUT2D eigenvalue weighted by Crippen LogP contribution is 2.27. The molecule has 0 saturated heterocycles. The molecular weight excluding hydrogens is 330 g/mol. The van der Waals surface area contributed by atoms with Gasteiger partial charge in [-0.05, 0) is 30.3 Å². The van der Waals surface area contributed by atoms with Crippen LogP contribution in [-0.2, 0) is 4.79 Å². The first-order chi connectivity index (χ1) is 11.5. The molecule has 5 nitrogen and oxygen atoms in total. The minimum Gasteiger partial charge on any atom is -0.497 e. The smallest absolute Gasteiger partial charge is 0.224 e. The van der Waals surface area contributed by atoms with Gasteiger partial charge in [0.05, 0.1) is 19.2 Å². The summed E-state index contributed by atoms with van der Waals surface area (Å²) >= 11 is 6.01. The Morgan fingerprint density at radius 1 is 1.04 bits per heavy atom. The van der Waals surface area contributed by atoms with Crippen molar-refractivity contribution < 1.29 is 19.1 Å². The lowest BCUT2D eigenvalue weighted by atomic mass is 10.1. The van der Waals surface area contributed by atoms with Crippen molar-refractivity contribution in [3.05, 3.63) is 53.1 Å². The van der Waals surface area contributed by atoms with E-state index in [9.17, 15) is 9.59 Å². The Balaban J connectivity index is 1.90. The molecule has 6 heteroatoms. The van der Waals surface area contributed by atoms with Crippen LogP contribution in [0.2, 0.25) is 5.02 Å². The quantitative estimate of drug-likeness (QED) is 0.770. The van der Waals surface area contributed by atoms with Crippen LogP contribution in [0.15, 0.2) is 42.5 Å². The number of rotatable bonds is 7. The predicted octanol–water partition coefficient (Wildman–Crippen LogP) is 3.96. The summed E-state index contributed by atoms with van der Waals surface area (Å²) in [7, 11) is 3.06. The van der Waals surface area contributed by atoms with Crippen molar-refractivity contribution in [1.82, 2.24) is 0 Å². The molecule has 0 aliphatic rings. The third-order valence-corrected chi connectivity index (χ3v) is 3.70. The molecule has 2 aromatic rings. The Bertz CT molecular complexity index is 746. The number of hydrogen-bond acceptors (Lipinski definition) is 4. The summed E-state index contributed by atoms with van der Waals surface area (Å²) in [4.78, 5) is 24.1. The fourth-order valence-corrected chi connectivity index (χ4v) is 2.39. The number of nitrogens with one attached hydrogen (secondary N) is 1. The number of carbonyl (C=O) groups is 2. The van der Waals surface area contributed by atoms with Crippen LogP contribution in [0.1, 0.15) is 23.2 Å². The molecule has 0 saturated carbocycles. The van der Waals surface area contributed by atoms with E-state index in [0.717, 1.165) is 0 Å². The Labute approximate surface area is 145 Å². The van der Waals surface area contributed by atoms with E-state index in [1.165, 1.54) is 14.2 Å². The van der Waals surface area contributed by atoms with Crippen molar-refractivity contribution in [3.63, 3.8) is 0 Å². The minimum atomic E-state index is -0.257. The van der Waals surface area contributed by atoms with E-state index in [-0.39, 0.29) is 24.5 Å². The summed E-state index contributed by atoms with van der Waals surface area (Å²) in [5.41, 5.74) is 1.08. The van der Waals surface area contributed by atoms with Crippen LogP contribution >= 0.6 is 11.6 Å². The number of anilines is 1. The Morgan fingerprint density at radius 2 is 1.83 bits per heavy atom. The van der Waals surface area contributed by atoms with Crippen LogP contribution in [0.25, 0.3) is 0 Å². The summed E-state index contributed by atoms with van der Waals surface area (Å²) in [5.74, 6) is 0.769. The number of ether oxygens (including phenoxy) is 2. The highest BCUT2D eigenvalue weighted by atomic mass is 35.5. The average Bonchev–Trinajstić information content (AvgIpc) is 2.60. The van der Waals surface area contributed by atoms with E-state index in [1.54, 1.807) is 42.5 Å². The van der Waals surface area contributed by atoms with E-state index < -0.39 is 0 Å². The second-order valence-corrected chi connectivity index (χ2v) is 5.46. The zero-order chi connectivity index (χ0) is 17.5. The van der Waals surface area contributed by atoms with E-state index in [0.29, 0.717) is 27.8 Å². The average molecular weight is 348 g/mol. The fraction of sp³-hybridized carbons (Fsp3) is 0.222. The number of hydrogen-bond donors (Lipinski definition) is 1. The SMILES string of the molecule is COc1cccc(C(=O)CCC(=O)Nc2ccc(OC)c(Cl)c2)c1. The van der Waals surface area contributed by atoms with Gasteiger partial charge in [0.15, 0.2) is 5.78 Å². The minimum absolute atomic E-state index is 0.0830. The highest BCUT2D eigenvalue weighted by molar-refractivity contribution is 6.32. The molecular formula is C18H18ClNO4. The number of halogens is 1. The van der Waals surface area contributed by atoms with E-state index >= 15 is 0 Å². The van der Waals surface area contributed by atoms with Gasteiger partial charge < -0.3 is 14.8 Å². The van der Waals surface area contributed by atoms with Crippen molar-refractivity contribution >= 4 is 29.0 Å². The van der Waals surface area contributed by atoms with Crippen molar-refractivity contribution in [2.45, 2.75) is 12.8 Å².